The molecule has 3 nitrogen and oxygen atoms in total. The van der Waals surface area contributed by atoms with Crippen LogP contribution in [0.25, 0.3) is 0 Å². The van der Waals surface area contributed by atoms with Gasteiger partial charge in [-0.15, -0.1) is 0 Å². The second kappa shape index (κ2) is 7.43. The van der Waals surface area contributed by atoms with E-state index in [4.69, 9.17) is 0 Å². The Bertz CT molecular complexity index is 521. The molecule has 1 saturated heterocycles. The fourth-order valence-corrected chi connectivity index (χ4v) is 3.52. The van der Waals surface area contributed by atoms with Crippen molar-refractivity contribution < 1.29 is 9.18 Å². The summed E-state index contributed by atoms with van der Waals surface area (Å²) in [5, 5.41) is 3.44. The van der Waals surface area contributed by atoms with Gasteiger partial charge in [0.2, 0.25) is 5.91 Å². The molecule has 1 heterocycles. The molecule has 1 aliphatic carbocycles. The molecule has 0 bridgehead atoms. The molecule has 4 heteroatoms. The van der Waals surface area contributed by atoms with Crippen LogP contribution < -0.4 is 5.32 Å². The van der Waals surface area contributed by atoms with Crippen LogP contribution in [0.1, 0.15) is 44.6 Å². The lowest BCUT2D eigenvalue weighted by Crippen LogP contribution is -2.37. The summed E-state index contributed by atoms with van der Waals surface area (Å²) in [5.74, 6) is 1.07. The van der Waals surface area contributed by atoms with Crippen LogP contribution in [0, 0.1) is 17.7 Å². The standard InChI is InChI=1S/C19H27FN2O/c1-14(16-3-2-10-21-12-16)11-19(23)22(18-8-9-18)13-15-4-6-17(20)7-5-15/h4-7,14,16,18,21H,2-3,8-13H2,1H3. The van der Waals surface area contributed by atoms with Crippen molar-refractivity contribution >= 4 is 5.91 Å². The van der Waals surface area contributed by atoms with Gasteiger partial charge < -0.3 is 10.2 Å². The first-order valence-electron chi connectivity index (χ1n) is 8.88. The molecule has 0 radical (unpaired) electrons. The average Bonchev–Trinajstić information content (AvgIpc) is 3.39. The number of nitrogens with zero attached hydrogens (tertiary/aromatic N) is 1. The summed E-state index contributed by atoms with van der Waals surface area (Å²) in [6, 6.07) is 6.91. The van der Waals surface area contributed by atoms with E-state index in [1.807, 2.05) is 4.90 Å². The molecule has 1 aliphatic heterocycles. The zero-order valence-electron chi connectivity index (χ0n) is 13.9. The second-order valence-electron chi connectivity index (χ2n) is 7.17. The van der Waals surface area contributed by atoms with Gasteiger partial charge in [0.25, 0.3) is 0 Å². The second-order valence-corrected chi connectivity index (χ2v) is 7.17. The highest BCUT2D eigenvalue weighted by atomic mass is 19.1. The Hall–Kier alpha value is -1.42. The number of hydrogen-bond donors (Lipinski definition) is 1. The average molecular weight is 318 g/mol. The van der Waals surface area contributed by atoms with Crippen LogP contribution >= 0.6 is 0 Å². The Labute approximate surface area is 138 Å². The molecule has 1 N–H and O–H groups in total. The molecule has 1 saturated carbocycles. The number of rotatable bonds is 6. The summed E-state index contributed by atoms with van der Waals surface area (Å²) in [7, 11) is 0. The van der Waals surface area contributed by atoms with Crippen molar-refractivity contribution in [3.8, 4) is 0 Å². The predicted octanol–water partition coefficient (Wildman–Crippen LogP) is 3.34. The first kappa shape index (κ1) is 16.4. The minimum Gasteiger partial charge on any atom is -0.335 e. The van der Waals surface area contributed by atoms with Gasteiger partial charge >= 0.3 is 0 Å². The van der Waals surface area contributed by atoms with Gasteiger partial charge in [-0.1, -0.05) is 19.1 Å². The van der Waals surface area contributed by atoms with E-state index >= 15 is 0 Å². The molecule has 1 aromatic rings. The monoisotopic (exact) mass is 318 g/mol. The van der Waals surface area contributed by atoms with E-state index in [0.717, 1.165) is 31.5 Å². The molecule has 126 valence electrons. The van der Waals surface area contributed by atoms with Gasteiger partial charge in [-0.25, -0.2) is 4.39 Å². The molecular weight excluding hydrogens is 291 g/mol. The maximum absolute atomic E-state index is 13.0. The highest BCUT2D eigenvalue weighted by Gasteiger charge is 2.34. The Morgan fingerprint density at radius 3 is 2.65 bits per heavy atom. The molecule has 23 heavy (non-hydrogen) atoms. The SMILES string of the molecule is CC(CC(=O)N(Cc1ccc(F)cc1)C1CC1)C1CCCNC1. The minimum absolute atomic E-state index is 0.225. The maximum Gasteiger partial charge on any atom is 0.223 e. The molecule has 1 aromatic carbocycles. The molecular formula is C19H27FN2O. The first-order valence-corrected chi connectivity index (χ1v) is 8.88. The van der Waals surface area contributed by atoms with Gasteiger partial charge in [-0.2, -0.15) is 0 Å². The fraction of sp³-hybridized carbons (Fsp3) is 0.632. The van der Waals surface area contributed by atoms with Crippen LogP contribution in [0.15, 0.2) is 24.3 Å². The number of benzene rings is 1. The molecule has 2 atom stereocenters. The third-order valence-corrected chi connectivity index (χ3v) is 5.21. The number of carbonyl (C=O) groups excluding carboxylic acids is 1. The van der Waals surface area contributed by atoms with Crippen LogP contribution in [0.3, 0.4) is 0 Å². The topological polar surface area (TPSA) is 32.3 Å². The lowest BCUT2D eigenvalue weighted by molar-refractivity contribution is -0.133. The first-order chi connectivity index (χ1) is 11.1. The van der Waals surface area contributed by atoms with E-state index in [-0.39, 0.29) is 11.7 Å². The van der Waals surface area contributed by atoms with Gasteiger partial charge in [0.1, 0.15) is 5.82 Å². The van der Waals surface area contributed by atoms with E-state index in [1.165, 1.54) is 25.0 Å². The van der Waals surface area contributed by atoms with Crippen molar-refractivity contribution in [1.82, 2.24) is 10.2 Å². The number of amides is 1. The van der Waals surface area contributed by atoms with Crippen LogP contribution in [0.2, 0.25) is 0 Å². The van der Waals surface area contributed by atoms with Crippen molar-refractivity contribution in [3.63, 3.8) is 0 Å². The van der Waals surface area contributed by atoms with Crippen molar-refractivity contribution in [3.05, 3.63) is 35.6 Å². The molecule has 0 spiro atoms. The Kier molecular flexibility index (Phi) is 5.31. The van der Waals surface area contributed by atoms with E-state index in [2.05, 4.69) is 12.2 Å². The molecule has 1 amide bonds. The number of halogens is 1. The quantitative estimate of drug-likeness (QED) is 0.872. The summed E-state index contributed by atoms with van der Waals surface area (Å²) < 4.78 is 13.0. The van der Waals surface area contributed by atoms with Gasteiger partial charge in [-0.05, 0) is 68.3 Å². The predicted molar refractivity (Wildman–Crippen MR) is 89.3 cm³/mol. The lowest BCUT2D eigenvalue weighted by Gasteiger charge is -2.30. The van der Waals surface area contributed by atoms with Crippen molar-refractivity contribution in [2.24, 2.45) is 11.8 Å². The van der Waals surface area contributed by atoms with Gasteiger partial charge in [-0.3, -0.25) is 4.79 Å². The zero-order chi connectivity index (χ0) is 16.2. The van der Waals surface area contributed by atoms with E-state index in [0.29, 0.717) is 30.8 Å². The third kappa shape index (κ3) is 4.54. The van der Waals surface area contributed by atoms with Gasteiger partial charge in [0.15, 0.2) is 0 Å². The normalized spacial score (nSPS) is 22.6. The Morgan fingerprint density at radius 1 is 1.30 bits per heavy atom. The van der Waals surface area contributed by atoms with E-state index < -0.39 is 0 Å². The molecule has 2 unspecified atom stereocenters. The lowest BCUT2D eigenvalue weighted by atomic mass is 9.85. The molecule has 0 aromatic heterocycles. The molecule has 2 aliphatic rings. The highest BCUT2D eigenvalue weighted by molar-refractivity contribution is 5.77. The van der Waals surface area contributed by atoms with Gasteiger partial charge in [0, 0.05) is 19.0 Å². The molecule has 3 rings (SSSR count). The summed E-state index contributed by atoms with van der Waals surface area (Å²) in [6.45, 7) is 4.96. The largest absolute Gasteiger partial charge is 0.335 e. The minimum atomic E-state index is -0.225. The highest BCUT2D eigenvalue weighted by Crippen LogP contribution is 2.31. The number of nitrogens with one attached hydrogen (secondary N) is 1. The number of hydrogen-bond acceptors (Lipinski definition) is 2. The van der Waals surface area contributed by atoms with E-state index in [1.54, 1.807) is 12.1 Å². The van der Waals surface area contributed by atoms with E-state index in [9.17, 15) is 9.18 Å². The van der Waals surface area contributed by atoms with Crippen LogP contribution in [-0.4, -0.2) is 29.9 Å². The Balaban J connectivity index is 1.58. The van der Waals surface area contributed by atoms with Crippen molar-refractivity contribution in [2.45, 2.75) is 51.6 Å². The zero-order valence-corrected chi connectivity index (χ0v) is 13.9. The fourth-order valence-electron chi connectivity index (χ4n) is 3.52. The summed E-state index contributed by atoms with van der Waals surface area (Å²) in [5.41, 5.74) is 1.01. The summed E-state index contributed by atoms with van der Waals surface area (Å²) in [6.07, 6.45) is 5.27. The van der Waals surface area contributed by atoms with Gasteiger partial charge in [0.05, 0.1) is 0 Å². The van der Waals surface area contributed by atoms with Crippen LogP contribution in [-0.2, 0) is 11.3 Å². The van der Waals surface area contributed by atoms with Crippen LogP contribution in [0.5, 0.6) is 0 Å². The van der Waals surface area contributed by atoms with Crippen molar-refractivity contribution in [2.75, 3.05) is 13.1 Å². The summed E-state index contributed by atoms with van der Waals surface area (Å²) >= 11 is 0. The van der Waals surface area contributed by atoms with Crippen molar-refractivity contribution in [1.29, 1.82) is 0 Å². The third-order valence-electron chi connectivity index (χ3n) is 5.21. The number of carbonyl (C=O) groups is 1. The van der Waals surface area contributed by atoms with Crippen LogP contribution in [0.4, 0.5) is 4.39 Å². The Morgan fingerprint density at radius 2 is 2.04 bits per heavy atom. The maximum atomic E-state index is 13.0. The smallest absolute Gasteiger partial charge is 0.223 e. The summed E-state index contributed by atoms with van der Waals surface area (Å²) in [4.78, 5) is 14.8. The number of piperidine rings is 1. The molecule has 2 fully saturated rings.